The van der Waals surface area contributed by atoms with E-state index in [9.17, 15) is 4.79 Å². The van der Waals surface area contributed by atoms with Crippen molar-refractivity contribution in [3.05, 3.63) is 11.9 Å². The monoisotopic (exact) mass is 169 g/mol. The summed E-state index contributed by atoms with van der Waals surface area (Å²) in [6.45, 7) is 1.65. The fourth-order valence-electron chi connectivity index (χ4n) is 0.890. The number of nitrogens with zero attached hydrogens (tertiary/aromatic N) is 3. The number of rotatable bonds is 3. The van der Waals surface area contributed by atoms with E-state index in [1.54, 1.807) is 24.9 Å². The van der Waals surface area contributed by atoms with Crippen molar-refractivity contribution < 1.29 is 9.90 Å². The number of aromatic nitrogens is 3. The fraction of sp³-hybridized carbons (Fsp3) is 0.571. The van der Waals surface area contributed by atoms with E-state index < -0.39 is 11.9 Å². The van der Waals surface area contributed by atoms with Crippen LogP contribution >= 0.6 is 0 Å². The zero-order chi connectivity index (χ0) is 9.14. The van der Waals surface area contributed by atoms with Crippen molar-refractivity contribution in [2.24, 2.45) is 13.0 Å². The molecule has 1 aromatic heterocycles. The molecule has 0 saturated heterocycles. The van der Waals surface area contributed by atoms with Crippen LogP contribution in [0.25, 0.3) is 0 Å². The van der Waals surface area contributed by atoms with Gasteiger partial charge in [0.05, 0.1) is 11.6 Å². The highest BCUT2D eigenvalue weighted by Crippen LogP contribution is 2.04. The van der Waals surface area contributed by atoms with Crippen LogP contribution < -0.4 is 0 Å². The van der Waals surface area contributed by atoms with Gasteiger partial charge in [-0.2, -0.15) is 0 Å². The maximum Gasteiger partial charge on any atom is 0.306 e. The molecule has 0 aliphatic heterocycles. The van der Waals surface area contributed by atoms with Crippen molar-refractivity contribution in [3.8, 4) is 0 Å². The van der Waals surface area contributed by atoms with E-state index in [0.717, 1.165) is 0 Å². The molecule has 0 bridgehead atoms. The lowest BCUT2D eigenvalue weighted by atomic mass is 10.1. The van der Waals surface area contributed by atoms with E-state index in [0.29, 0.717) is 12.1 Å². The average molecular weight is 169 g/mol. The summed E-state index contributed by atoms with van der Waals surface area (Å²) in [6, 6.07) is 0. The fourth-order valence-corrected chi connectivity index (χ4v) is 0.890. The largest absolute Gasteiger partial charge is 0.481 e. The summed E-state index contributed by atoms with van der Waals surface area (Å²) in [5, 5.41) is 16.1. The molecule has 1 atom stereocenters. The van der Waals surface area contributed by atoms with E-state index in [2.05, 4.69) is 10.3 Å². The van der Waals surface area contributed by atoms with Crippen molar-refractivity contribution in [3.63, 3.8) is 0 Å². The summed E-state index contributed by atoms with van der Waals surface area (Å²) in [4.78, 5) is 10.5. The summed E-state index contributed by atoms with van der Waals surface area (Å²) >= 11 is 0. The predicted octanol–water partition coefficient (Wildman–Crippen LogP) is 0.0783. The Morgan fingerprint density at radius 2 is 2.50 bits per heavy atom. The summed E-state index contributed by atoms with van der Waals surface area (Å²) in [7, 11) is 1.75. The quantitative estimate of drug-likeness (QED) is 0.695. The highest BCUT2D eigenvalue weighted by Gasteiger charge is 2.13. The molecule has 5 heteroatoms. The van der Waals surface area contributed by atoms with Crippen molar-refractivity contribution >= 4 is 5.97 Å². The first kappa shape index (κ1) is 8.70. The van der Waals surface area contributed by atoms with Crippen LogP contribution in [0.15, 0.2) is 6.20 Å². The summed E-state index contributed by atoms with van der Waals surface area (Å²) in [5.41, 5.74) is 0.715. The van der Waals surface area contributed by atoms with Gasteiger partial charge in [0, 0.05) is 19.7 Å². The minimum absolute atomic E-state index is 0.401. The van der Waals surface area contributed by atoms with Crippen LogP contribution in [0.3, 0.4) is 0 Å². The van der Waals surface area contributed by atoms with Crippen LogP contribution in [0.1, 0.15) is 12.6 Å². The molecule has 1 aromatic rings. The topological polar surface area (TPSA) is 68.0 Å². The smallest absolute Gasteiger partial charge is 0.306 e. The van der Waals surface area contributed by atoms with E-state index in [1.807, 2.05) is 0 Å². The molecule has 66 valence electrons. The van der Waals surface area contributed by atoms with Crippen molar-refractivity contribution in [1.82, 2.24) is 15.0 Å². The van der Waals surface area contributed by atoms with E-state index in [4.69, 9.17) is 5.11 Å². The average Bonchev–Trinajstić information content (AvgIpc) is 2.35. The third kappa shape index (κ3) is 2.05. The highest BCUT2D eigenvalue weighted by molar-refractivity contribution is 5.69. The van der Waals surface area contributed by atoms with Gasteiger partial charge in [-0.25, -0.2) is 0 Å². The number of carbonyl (C=O) groups is 1. The molecule has 0 spiro atoms. The standard InChI is InChI=1S/C7H11N3O2/c1-5(7(11)12)3-6-4-10(2)9-8-6/h4-5H,3H2,1-2H3,(H,11,12). The molecule has 0 aliphatic rings. The van der Waals surface area contributed by atoms with Gasteiger partial charge in [0.25, 0.3) is 0 Å². The number of hydrogen-bond donors (Lipinski definition) is 1. The Bertz CT molecular complexity index is 282. The van der Waals surface area contributed by atoms with E-state index in [-0.39, 0.29) is 0 Å². The van der Waals surface area contributed by atoms with Gasteiger partial charge in [-0.3, -0.25) is 9.48 Å². The van der Waals surface area contributed by atoms with Gasteiger partial charge >= 0.3 is 5.97 Å². The summed E-state index contributed by atoms with van der Waals surface area (Å²) in [6.07, 6.45) is 2.16. The molecular formula is C7H11N3O2. The lowest BCUT2D eigenvalue weighted by molar-refractivity contribution is -0.141. The minimum atomic E-state index is -0.805. The first-order valence-electron chi connectivity index (χ1n) is 3.67. The molecule has 1 N–H and O–H groups in total. The highest BCUT2D eigenvalue weighted by atomic mass is 16.4. The molecule has 0 aliphatic carbocycles. The second-order valence-electron chi connectivity index (χ2n) is 2.83. The van der Waals surface area contributed by atoms with Crippen LogP contribution in [0.2, 0.25) is 0 Å². The Kier molecular flexibility index (Phi) is 2.42. The van der Waals surface area contributed by atoms with Gasteiger partial charge in [-0.1, -0.05) is 12.1 Å². The van der Waals surface area contributed by atoms with E-state index >= 15 is 0 Å². The number of aliphatic carboxylic acids is 1. The second kappa shape index (κ2) is 3.34. The zero-order valence-electron chi connectivity index (χ0n) is 7.06. The third-order valence-corrected chi connectivity index (χ3v) is 1.59. The van der Waals surface area contributed by atoms with Crippen molar-refractivity contribution in [2.45, 2.75) is 13.3 Å². The first-order valence-corrected chi connectivity index (χ1v) is 3.67. The van der Waals surface area contributed by atoms with Gasteiger partial charge in [0.2, 0.25) is 0 Å². The van der Waals surface area contributed by atoms with Crippen molar-refractivity contribution in [2.75, 3.05) is 0 Å². The normalized spacial score (nSPS) is 12.8. The molecule has 12 heavy (non-hydrogen) atoms. The maximum atomic E-state index is 10.5. The Balaban J connectivity index is 2.58. The molecule has 1 rings (SSSR count). The number of carboxylic acid groups (broad SMARTS) is 1. The van der Waals surface area contributed by atoms with Crippen LogP contribution in [0.5, 0.6) is 0 Å². The Hall–Kier alpha value is -1.39. The molecular weight excluding hydrogens is 158 g/mol. The Morgan fingerprint density at radius 1 is 1.83 bits per heavy atom. The van der Waals surface area contributed by atoms with Gasteiger partial charge < -0.3 is 5.11 Å². The lowest BCUT2D eigenvalue weighted by Gasteiger charge is -2.00. The van der Waals surface area contributed by atoms with Gasteiger partial charge in [0.15, 0.2) is 0 Å². The van der Waals surface area contributed by atoms with Gasteiger partial charge in [-0.15, -0.1) is 5.10 Å². The first-order chi connectivity index (χ1) is 5.59. The maximum absolute atomic E-state index is 10.5. The van der Waals surface area contributed by atoms with Crippen molar-refractivity contribution in [1.29, 1.82) is 0 Å². The van der Waals surface area contributed by atoms with E-state index in [1.165, 1.54) is 0 Å². The van der Waals surface area contributed by atoms with Gasteiger partial charge in [-0.05, 0) is 0 Å². The van der Waals surface area contributed by atoms with Gasteiger partial charge in [0.1, 0.15) is 0 Å². The third-order valence-electron chi connectivity index (χ3n) is 1.59. The van der Waals surface area contributed by atoms with Crippen LogP contribution in [0, 0.1) is 5.92 Å². The second-order valence-corrected chi connectivity index (χ2v) is 2.83. The Morgan fingerprint density at radius 3 is 2.92 bits per heavy atom. The molecule has 0 radical (unpaired) electrons. The SMILES string of the molecule is CC(Cc1cn(C)nn1)C(=O)O. The Labute approximate surface area is 70.0 Å². The van der Waals surface area contributed by atoms with Crippen LogP contribution in [-0.2, 0) is 18.3 Å². The van der Waals surface area contributed by atoms with Crippen LogP contribution in [-0.4, -0.2) is 26.1 Å². The molecule has 1 unspecified atom stereocenters. The minimum Gasteiger partial charge on any atom is -0.481 e. The zero-order valence-corrected chi connectivity index (χ0v) is 7.06. The summed E-state index contributed by atoms with van der Waals surface area (Å²) in [5.74, 6) is -1.21. The lowest BCUT2D eigenvalue weighted by Crippen LogP contribution is -2.12. The molecule has 5 nitrogen and oxygen atoms in total. The predicted molar refractivity (Wildman–Crippen MR) is 41.5 cm³/mol. The number of hydrogen-bond acceptors (Lipinski definition) is 3. The molecule has 0 saturated carbocycles. The number of carboxylic acids is 1. The molecule has 0 amide bonds. The van der Waals surface area contributed by atoms with Crippen LogP contribution in [0.4, 0.5) is 0 Å². The summed E-state index contributed by atoms with van der Waals surface area (Å²) < 4.78 is 1.56. The molecule has 1 heterocycles. The number of aryl methyl sites for hydroxylation is 1. The molecule has 0 aromatic carbocycles. The molecule has 0 fully saturated rings.